The Hall–Kier alpha value is -2.44. The number of urea groups is 1. The monoisotopic (exact) mass is 328 g/mol. The third-order valence-electron chi connectivity index (χ3n) is 4.94. The molecule has 24 heavy (non-hydrogen) atoms. The maximum atomic E-state index is 12.1. The van der Waals surface area contributed by atoms with E-state index in [1.54, 1.807) is 17.2 Å². The number of carbonyl (C=O) groups is 1. The zero-order valence-electron chi connectivity index (χ0n) is 14.1. The lowest BCUT2D eigenvalue weighted by molar-refractivity contribution is 0.195. The van der Waals surface area contributed by atoms with Crippen molar-refractivity contribution in [3.05, 3.63) is 36.5 Å². The van der Waals surface area contributed by atoms with Crippen LogP contribution in [0.5, 0.6) is 0 Å². The summed E-state index contributed by atoms with van der Waals surface area (Å²) in [5.41, 5.74) is 0.944. The molecule has 3 rings (SSSR count). The average molecular weight is 328 g/mol. The fourth-order valence-electron chi connectivity index (χ4n) is 3.17. The van der Waals surface area contributed by atoms with Gasteiger partial charge in [0.15, 0.2) is 5.82 Å². The second kappa shape index (κ2) is 7.42. The predicted octanol–water partition coefficient (Wildman–Crippen LogP) is 2.29. The summed E-state index contributed by atoms with van der Waals surface area (Å²) < 4.78 is 1.59. The van der Waals surface area contributed by atoms with E-state index in [1.165, 1.54) is 19.2 Å². The van der Waals surface area contributed by atoms with Crippen LogP contribution < -0.4 is 10.6 Å². The minimum absolute atomic E-state index is 0.110. The SMILES string of the molecule is C[C@@H]1[C@H](C)CCC[C@H]1NC(=O)NCc1ccc(-n2cncn2)nc1. The van der Waals surface area contributed by atoms with Crippen molar-refractivity contribution in [3.63, 3.8) is 0 Å². The molecule has 0 aliphatic heterocycles. The molecule has 2 aromatic rings. The van der Waals surface area contributed by atoms with Gasteiger partial charge in [-0.1, -0.05) is 32.8 Å². The van der Waals surface area contributed by atoms with Crippen LogP contribution in [0.15, 0.2) is 31.0 Å². The summed E-state index contributed by atoms with van der Waals surface area (Å²) in [4.78, 5) is 20.3. The molecule has 0 spiro atoms. The van der Waals surface area contributed by atoms with E-state index in [9.17, 15) is 4.79 Å². The molecule has 128 valence electrons. The predicted molar refractivity (Wildman–Crippen MR) is 90.5 cm³/mol. The van der Waals surface area contributed by atoms with Crippen LogP contribution in [0.1, 0.15) is 38.7 Å². The van der Waals surface area contributed by atoms with E-state index in [-0.39, 0.29) is 12.1 Å². The molecule has 1 aliphatic carbocycles. The third kappa shape index (κ3) is 3.90. The lowest BCUT2D eigenvalue weighted by Crippen LogP contribution is -2.47. The van der Waals surface area contributed by atoms with E-state index in [0.717, 1.165) is 12.0 Å². The summed E-state index contributed by atoms with van der Waals surface area (Å²) in [6, 6.07) is 3.94. The largest absolute Gasteiger partial charge is 0.335 e. The molecule has 7 nitrogen and oxygen atoms in total. The number of nitrogens with one attached hydrogen (secondary N) is 2. The Morgan fingerprint density at radius 2 is 2.21 bits per heavy atom. The van der Waals surface area contributed by atoms with Gasteiger partial charge in [-0.2, -0.15) is 5.10 Å². The van der Waals surface area contributed by atoms with Gasteiger partial charge in [0.2, 0.25) is 0 Å². The summed E-state index contributed by atoms with van der Waals surface area (Å²) in [7, 11) is 0. The minimum atomic E-state index is -0.110. The first-order valence-corrected chi connectivity index (χ1v) is 8.48. The van der Waals surface area contributed by atoms with Crippen molar-refractivity contribution < 1.29 is 4.79 Å². The maximum absolute atomic E-state index is 12.1. The van der Waals surface area contributed by atoms with Crippen LogP contribution in [0.4, 0.5) is 4.79 Å². The summed E-state index contributed by atoms with van der Waals surface area (Å²) in [6.07, 6.45) is 8.30. The van der Waals surface area contributed by atoms with Crippen molar-refractivity contribution >= 4 is 6.03 Å². The van der Waals surface area contributed by atoms with E-state index < -0.39 is 0 Å². The number of pyridine rings is 1. The second-order valence-electron chi connectivity index (χ2n) is 6.57. The fourth-order valence-corrected chi connectivity index (χ4v) is 3.17. The molecule has 7 heteroatoms. The first kappa shape index (κ1) is 16.4. The van der Waals surface area contributed by atoms with E-state index >= 15 is 0 Å². The molecule has 3 atom stereocenters. The highest BCUT2D eigenvalue weighted by Crippen LogP contribution is 2.29. The van der Waals surface area contributed by atoms with Gasteiger partial charge in [0.05, 0.1) is 0 Å². The maximum Gasteiger partial charge on any atom is 0.315 e. The molecule has 0 radical (unpaired) electrons. The minimum Gasteiger partial charge on any atom is -0.335 e. The summed E-state index contributed by atoms with van der Waals surface area (Å²) in [5.74, 6) is 1.89. The zero-order chi connectivity index (χ0) is 16.9. The quantitative estimate of drug-likeness (QED) is 0.902. The van der Waals surface area contributed by atoms with E-state index in [0.29, 0.717) is 24.2 Å². The van der Waals surface area contributed by atoms with Crippen molar-refractivity contribution in [2.45, 2.75) is 45.7 Å². The molecule has 1 aliphatic rings. The Morgan fingerprint density at radius 1 is 1.33 bits per heavy atom. The van der Waals surface area contributed by atoms with Crippen molar-refractivity contribution in [3.8, 4) is 5.82 Å². The molecule has 1 saturated carbocycles. The zero-order valence-corrected chi connectivity index (χ0v) is 14.1. The van der Waals surface area contributed by atoms with E-state index in [4.69, 9.17) is 0 Å². The van der Waals surface area contributed by atoms with Gasteiger partial charge in [0, 0.05) is 18.8 Å². The van der Waals surface area contributed by atoms with Crippen molar-refractivity contribution in [1.29, 1.82) is 0 Å². The number of carbonyl (C=O) groups excluding carboxylic acids is 1. The average Bonchev–Trinajstić information content (AvgIpc) is 3.12. The van der Waals surface area contributed by atoms with Crippen LogP contribution >= 0.6 is 0 Å². The molecule has 1 fully saturated rings. The Bertz CT molecular complexity index is 654. The first-order chi connectivity index (χ1) is 11.6. The molecule has 2 aromatic heterocycles. The van der Waals surface area contributed by atoms with Gasteiger partial charge < -0.3 is 10.6 Å². The van der Waals surface area contributed by atoms with Crippen molar-refractivity contribution in [1.82, 2.24) is 30.4 Å². The number of hydrogen-bond donors (Lipinski definition) is 2. The number of hydrogen-bond acceptors (Lipinski definition) is 4. The lowest BCUT2D eigenvalue weighted by atomic mass is 9.78. The van der Waals surface area contributed by atoms with Crippen LogP contribution in [0, 0.1) is 11.8 Å². The molecular formula is C17H24N6O. The summed E-state index contributed by atoms with van der Waals surface area (Å²) >= 11 is 0. The van der Waals surface area contributed by atoms with Crippen LogP contribution in [-0.2, 0) is 6.54 Å². The van der Waals surface area contributed by atoms with Crippen LogP contribution in [0.3, 0.4) is 0 Å². The molecule has 2 amide bonds. The Labute approximate surface area is 141 Å². The first-order valence-electron chi connectivity index (χ1n) is 8.48. The van der Waals surface area contributed by atoms with Gasteiger partial charge in [-0.15, -0.1) is 0 Å². The highest BCUT2D eigenvalue weighted by molar-refractivity contribution is 5.74. The Balaban J connectivity index is 1.49. The molecule has 0 aromatic carbocycles. The van der Waals surface area contributed by atoms with Crippen LogP contribution in [0.25, 0.3) is 5.82 Å². The van der Waals surface area contributed by atoms with Gasteiger partial charge in [0.1, 0.15) is 12.7 Å². The number of aromatic nitrogens is 4. The van der Waals surface area contributed by atoms with Gasteiger partial charge in [-0.3, -0.25) is 0 Å². The molecular weight excluding hydrogens is 304 g/mol. The van der Waals surface area contributed by atoms with E-state index in [1.807, 2.05) is 12.1 Å². The number of amides is 2. The van der Waals surface area contributed by atoms with Crippen LogP contribution in [0.2, 0.25) is 0 Å². The van der Waals surface area contributed by atoms with Gasteiger partial charge in [-0.25, -0.2) is 19.4 Å². The van der Waals surface area contributed by atoms with Gasteiger partial charge in [0.25, 0.3) is 0 Å². The fraction of sp³-hybridized carbons (Fsp3) is 0.529. The topological polar surface area (TPSA) is 84.7 Å². The van der Waals surface area contributed by atoms with Gasteiger partial charge >= 0.3 is 6.03 Å². The van der Waals surface area contributed by atoms with E-state index in [2.05, 4.69) is 39.5 Å². The highest BCUT2D eigenvalue weighted by atomic mass is 16.2. The molecule has 2 heterocycles. The summed E-state index contributed by atoms with van der Waals surface area (Å²) in [6.45, 7) is 4.94. The third-order valence-corrected chi connectivity index (χ3v) is 4.94. The van der Waals surface area contributed by atoms with Gasteiger partial charge in [-0.05, 0) is 29.9 Å². The standard InChI is InChI=1S/C17H24N6O/c1-12-4-3-5-15(13(12)2)22-17(24)20-9-14-6-7-16(19-8-14)23-11-18-10-21-23/h6-8,10-13,15H,3-5,9H2,1-2H3,(H2,20,22,24)/t12-,13-,15-/m1/s1. The van der Waals surface area contributed by atoms with Crippen LogP contribution in [-0.4, -0.2) is 31.8 Å². The molecule has 0 bridgehead atoms. The number of nitrogens with zero attached hydrogens (tertiary/aromatic N) is 4. The molecule has 0 saturated heterocycles. The highest BCUT2D eigenvalue weighted by Gasteiger charge is 2.27. The normalized spacial score (nSPS) is 23.7. The molecule has 2 N–H and O–H groups in total. The number of rotatable bonds is 4. The van der Waals surface area contributed by atoms with Crippen molar-refractivity contribution in [2.24, 2.45) is 11.8 Å². The second-order valence-corrected chi connectivity index (χ2v) is 6.57. The molecule has 0 unspecified atom stereocenters. The smallest absolute Gasteiger partial charge is 0.315 e. The van der Waals surface area contributed by atoms with Crippen molar-refractivity contribution in [2.75, 3.05) is 0 Å². The summed E-state index contributed by atoms with van der Waals surface area (Å²) in [5, 5.41) is 10.1. The Morgan fingerprint density at radius 3 is 2.92 bits per heavy atom. The Kier molecular flexibility index (Phi) is 5.08. The lowest BCUT2D eigenvalue weighted by Gasteiger charge is -2.34.